The fourth-order valence-corrected chi connectivity index (χ4v) is 4.48. The summed E-state index contributed by atoms with van der Waals surface area (Å²) in [6.07, 6.45) is 2.84. The van der Waals surface area contributed by atoms with Crippen LogP contribution in [-0.4, -0.2) is 35.6 Å². The Bertz CT molecular complexity index is 903. The molecule has 0 radical (unpaired) electrons. The minimum absolute atomic E-state index is 0.148. The van der Waals surface area contributed by atoms with E-state index in [1.807, 2.05) is 42.5 Å². The highest BCUT2D eigenvalue weighted by atomic mass is 35.5. The fraction of sp³-hybridized carbons (Fsp3) is 0.429. The molecule has 9 heteroatoms. The quantitative estimate of drug-likeness (QED) is 0.489. The van der Waals surface area contributed by atoms with E-state index in [0.717, 1.165) is 29.7 Å². The third-order valence-electron chi connectivity index (χ3n) is 5.39. The Morgan fingerprint density at radius 2 is 1.97 bits per heavy atom. The van der Waals surface area contributed by atoms with Crippen molar-refractivity contribution in [3.8, 4) is 11.5 Å². The molecular weight excluding hydrogens is 429 g/mol. The maximum absolute atomic E-state index is 10.9. The third kappa shape index (κ3) is 6.45. The molecule has 1 aliphatic rings. The van der Waals surface area contributed by atoms with Crippen LogP contribution in [0.5, 0.6) is 11.5 Å². The predicted molar refractivity (Wildman–Crippen MR) is 115 cm³/mol. The summed E-state index contributed by atoms with van der Waals surface area (Å²) in [5, 5.41) is 0.582. The standard InChI is InChI=1S/C21H27ClNO6P/c1-27-20-7-2-15(12-19(20)22)9-11-28-18-5-3-16(4-6-18)17-8-10-21(23,13-17)14-29-30(24,25)26/h2-7,12,17H,8-11,13-14,23H2,1H3,(H2,24,25,26)/t17-,21-/m1/s1. The highest BCUT2D eigenvalue weighted by Gasteiger charge is 2.38. The molecule has 1 saturated carbocycles. The first kappa shape index (κ1) is 23.1. The van der Waals surface area contributed by atoms with Crippen LogP contribution in [0.2, 0.25) is 5.02 Å². The molecule has 2 aromatic carbocycles. The largest absolute Gasteiger partial charge is 0.495 e. The Morgan fingerprint density at radius 3 is 2.60 bits per heavy atom. The molecule has 0 aliphatic heterocycles. The van der Waals surface area contributed by atoms with Crippen LogP contribution >= 0.6 is 19.4 Å². The second-order valence-corrected chi connectivity index (χ2v) is 9.35. The minimum atomic E-state index is -4.51. The number of ether oxygens (including phenoxy) is 2. The number of rotatable bonds is 9. The van der Waals surface area contributed by atoms with Crippen molar-refractivity contribution in [3.05, 3.63) is 58.6 Å². The highest BCUT2D eigenvalue weighted by molar-refractivity contribution is 7.46. The summed E-state index contributed by atoms with van der Waals surface area (Å²) in [5.74, 6) is 1.66. The first-order chi connectivity index (χ1) is 14.2. The summed E-state index contributed by atoms with van der Waals surface area (Å²) in [4.78, 5) is 17.8. The van der Waals surface area contributed by atoms with Gasteiger partial charge in [0.15, 0.2) is 0 Å². The van der Waals surface area contributed by atoms with Gasteiger partial charge in [0, 0.05) is 12.0 Å². The summed E-state index contributed by atoms with van der Waals surface area (Å²) in [7, 11) is -2.92. The lowest BCUT2D eigenvalue weighted by atomic mass is 9.94. The molecule has 0 heterocycles. The molecule has 3 rings (SSSR count). The zero-order valence-electron chi connectivity index (χ0n) is 16.8. The van der Waals surface area contributed by atoms with Gasteiger partial charge in [-0.25, -0.2) is 4.57 Å². The van der Waals surface area contributed by atoms with Crippen LogP contribution in [0.25, 0.3) is 0 Å². The van der Waals surface area contributed by atoms with Crippen molar-refractivity contribution in [2.75, 3.05) is 20.3 Å². The van der Waals surface area contributed by atoms with E-state index in [1.165, 1.54) is 0 Å². The number of hydrogen-bond acceptors (Lipinski definition) is 5. The first-order valence-electron chi connectivity index (χ1n) is 9.72. The average molecular weight is 456 g/mol. The number of methoxy groups -OCH3 is 1. The molecule has 0 amide bonds. The predicted octanol–water partition coefficient (Wildman–Crippen LogP) is 4.04. The monoisotopic (exact) mass is 455 g/mol. The van der Waals surface area contributed by atoms with Gasteiger partial charge in [-0.3, -0.25) is 4.52 Å². The Hall–Kier alpha value is -1.60. The van der Waals surface area contributed by atoms with Crippen molar-refractivity contribution in [1.82, 2.24) is 0 Å². The molecule has 4 N–H and O–H groups in total. The van der Waals surface area contributed by atoms with Crippen molar-refractivity contribution < 1.29 is 28.3 Å². The number of halogens is 1. The molecular formula is C21H27ClNO6P. The maximum atomic E-state index is 10.9. The van der Waals surface area contributed by atoms with E-state index in [4.69, 9.17) is 36.6 Å². The van der Waals surface area contributed by atoms with Crippen LogP contribution in [0.4, 0.5) is 0 Å². The maximum Gasteiger partial charge on any atom is 0.469 e. The van der Waals surface area contributed by atoms with Crippen LogP contribution in [0.3, 0.4) is 0 Å². The lowest BCUT2D eigenvalue weighted by molar-refractivity contribution is 0.153. The van der Waals surface area contributed by atoms with Crippen molar-refractivity contribution >= 4 is 19.4 Å². The minimum Gasteiger partial charge on any atom is -0.495 e. The van der Waals surface area contributed by atoms with Crippen LogP contribution in [0, 0.1) is 0 Å². The number of nitrogens with two attached hydrogens (primary N) is 1. The molecule has 0 unspecified atom stereocenters. The van der Waals surface area contributed by atoms with Gasteiger partial charge in [-0.05, 0) is 60.6 Å². The van der Waals surface area contributed by atoms with E-state index < -0.39 is 13.4 Å². The van der Waals surface area contributed by atoms with E-state index in [1.54, 1.807) is 7.11 Å². The van der Waals surface area contributed by atoms with E-state index in [0.29, 0.717) is 30.2 Å². The van der Waals surface area contributed by atoms with E-state index in [2.05, 4.69) is 4.52 Å². The van der Waals surface area contributed by atoms with Gasteiger partial charge < -0.3 is 25.0 Å². The Kier molecular flexibility index (Phi) is 7.45. The number of hydrogen-bond donors (Lipinski definition) is 3. The Morgan fingerprint density at radius 1 is 1.23 bits per heavy atom. The van der Waals surface area contributed by atoms with Gasteiger partial charge >= 0.3 is 7.82 Å². The smallest absolute Gasteiger partial charge is 0.469 e. The SMILES string of the molecule is COc1ccc(CCOc2ccc([C@@H]3CC[C@](N)(COP(=O)(O)O)C3)cc2)cc1Cl. The van der Waals surface area contributed by atoms with Crippen molar-refractivity contribution in [2.24, 2.45) is 5.73 Å². The summed E-state index contributed by atoms with van der Waals surface area (Å²) in [6, 6.07) is 13.6. The molecule has 0 spiro atoms. The normalized spacial score (nSPS) is 21.6. The summed E-state index contributed by atoms with van der Waals surface area (Å²) in [5.41, 5.74) is 7.74. The average Bonchev–Trinajstić information content (AvgIpc) is 3.09. The van der Waals surface area contributed by atoms with Crippen LogP contribution in [-0.2, 0) is 15.5 Å². The van der Waals surface area contributed by atoms with Gasteiger partial charge in [0.1, 0.15) is 11.5 Å². The zero-order chi connectivity index (χ0) is 21.8. The molecule has 1 fully saturated rings. The lowest BCUT2D eigenvalue weighted by Gasteiger charge is -2.24. The second kappa shape index (κ2) is 9.69. The molecule has 1 aliphatic carbocycles. The van der Waals surface area contributed by atoms with E-state index in [9.17, 15) is 4.57 Å². The van der Waals surface area contributed by atoms with Crippen molar-refractivity contribution in [2.45, 2.75) is 37.1 Å². The molecule has 0 saturated heterocycles. The highest BCUT2D eigenvalue weighted by Crippen LogP contribution is 2.43. The second-order valence-electron chi connectivity index (χ2n) is 7.70. The van der Waals surface area contributed by atoms with Gasteiger partial charge in [-0.2, -0.15) is 0 Å². The topological polar surface area (TPSA) is 111 Å². The lowest BCUT2D eigenvalue weighted by Crippen LogP contribution is -2.41. The van der Waals surface area contributed by atoms with Gasteiger partial charge in [-0.15, -0.1) is 0 Å². The third-order valence-corrected chi connectivity index (χ3v) is 6.15. The fourth-order valence-electron chi connectivity index (χ4n) is 3.77. The van der Waals surface area contributed by atoms with Crippen molar-refractivity contribution in [1.29, 1.82) is 0 Å². The molecule has 0 bridgehead atoms. The molecule has 0 aromatic heterocycles. The molecule has 7 nitrogen and oxygen atoms in total. The van der Waals surface area contributed by atoms with Gasteiger partial charge in [0.2, 0.25) is 0 Å². The van der Waals surface area contributed by atoms with Crippen molar-refractivity contribution in [3.63, 3.8) is 0 Å². The van der Waals surface area contributed by atoms with E-state index >= 15 is 0 Å². The number of phosphoric acid groups is 1. The summed E-state index contributed by atoms with van der Waals surface area (Å²) < 4.78 is 26.6. The first-order valence-corrected chi connectivity index (χ1v) is 11.6. The number of benzene rings is 2. The molecule has 164 valence electrons. The van der Waals surface area contributed by atoms with Crippen LogP contribution in [0.1, 0.15) is 36.3 Å². The Balaban J connectivity index is 1.49. The Labute approximate surface area is 181 Å². The van der Waals surface area contributed by atoms with Gasteiger partial charge in [-0.1, -0.05) is 29.8 Å². The van der Waals surface area contributed by atoms with Crippen LogP contribution in [0.15, 0.2) is 42.5 Å². The van der Waals surface area contributed by atoms with E-state index in [-0.39, 0.29) is 12.5 Å². The van der Waals surface area contributed by atoms with Gasteiger partial charge in [0.25, 0.3) is 0 Å². The summed E-state index contributed by atoms with van der Waals surface area (Å²) >= 11 is 6.15. The molecule has 2 aromatic rings. The molecule has 30 heavy (non-hydrogen) atoms. The summed E-state index contributed by atoms with van der Waals surface area (Å²) in [6.45, 7) is 0.376. The number of phosphoric ester groups is 1. The zero-order valence-corrected chi connectivity index (χ0v) is 18.4. The van der Waals surface area contributed by atoms with Crippen LogP contribution < -0.4 is 15.2 Å². The molecule has 2 atom stereocenters. The van der Waals surface area contributed by atoms with Gasteiger partial charge in [0.05, 0.1) is 25.3 Å².